The van der Waals surface area contributed by atoms with Gasteiger partial charge in [-0.1, -0.05) is 91.5 Å². The first-order valence-corrected chi connectivity index (χ1v) is 10.5. The molecule has 2 nitrogen and oxygen atoms in total. The van der Waals surface area contributed by atoms with Crippen LogP contribution in [0.1, 0.15) is 13.8 Å². The summed E-state index contributed by atoms with van der Waals surface area (Å²) < 4.78 is 2.08. The van der Waals surface area contributed by atoms with E-state index >= 15 is 0 Å². The van der Waals surface area contributed by atoms with Gasteiger partial charge in [-0.25, -0.2) is 4.68 Å². The van der Waals surface area contributed by atoms with Crippen molar-refractivity contribution in [2.45, 2.75) is 13.8 Å². The van der Waals surface area contributed by atoms with E-state index in [1.54, 1.807) is 0 Å². The van der Waals surface area contributed by atoms with E-state index in [0.29, 0.717) is 0 Å². The molecular formula is C29H24N2. The average Bonchev–Trinajstić information content (AvgIpc) is 3.21. The second-order valence-electron chi connectivity index (χ2n) is 7.93. The molecule has 0 aliphatic heterocycles. The largest absolute Gasteiger partial charge is 0.232 e. The highest BCUT2D eigenvalue weighted by Gasteiger charge is 2.15. The molecule has 150 valence electrons. The number of aromatic nitrogens is 1. The van der Waals surface area contributed by atoms with Crippen molar-refractivity contribution in [1.29, 1.82) is 0 Å². The van der Waals surface area contributed by atoms with Crippen LogP contribution in [0.5, 0.6) is 0 Å². The molecule has 0 aliphatic carbocycles. The third kappa shape index (κ3) is 3.36. The summed E-state index contributed by atoms with van der Waals surface area (Å²) in [6.45, 7) is 8.11. The normalized spacial score (nSPS) is 11.9. The molecule has 0 aliphatic rings. The van der Waals surface area contributed by atoms with Crippen molar-refractivity contribution in [2.24, 2.45) is 5.10 Å². The van der Waals surface area contributed by atoms with Gasteiger partial charge in [-0.15, -0.1) is 0 Å². The molecule has 0 unspecified atom stereocenters. The van der Waals surface area contributed by atoms with Gasteiger partial charge in [0.05, 0.1) is 17.1 Å². The maximum absolute atomic E-state index is 5.02. The van der Waals surface area contributed by atoms with Crippen molar-refractivity contribution in [3.05, 3.63) is 109 Å². The zero-order valence-corrected chi connectivity index (χ0v) is 17.8. The van der Waals surface area contributed by atoms with E-state index in [-0.39, 0.29) is 0 Å². The molecule has 0 spiro atoms. The molecule has 1 aromatic heterocycles. The Kier molecular flexibility index (Phi) is 4.76. The zero-order chi connectivity index (χ0) is 21.4. The second-order valence-corrected chi connectivity index (χ2v) is 7.93. The number of hydrogen-bond donors (Lipinski definition) is 0. The van der Waals surface area contributed by atoms with Gasteiger partial charge in [0.2, 0.25) is 0 Å². The van der Waals surface area contributed by atoms with Crippen molar-refractivity contribution in [1.82, 2.24) is 4.68 Å². The number of rotatable bonds is 4. The van der Waals surface area contributed by atoms with Gasteiger partial charge in [-0.05, 0) is 53.1 Å². The van der Waals surface area contributed by atoms with Crippen molar-refractivity contribution in [2.75, 3.05) is 0 Å². The van der Waals surface area contributed by atoms with Crippen LogP contribution in [0.3, 0.4) is 0 Å². The Balaban J connectivity index is 1.83. The molecule has 4 aromatic carbocycles. The first-order valence-electron chi connectivity index (χ1n) is 10.5. The van der Waals surface area contributed by atoms with Crippen molar-refractivity contribution >= 4 is 27.3 Å². The fraction of sp³-hybridized carbons (Fsp3) is 0.0690. The summed E-state index contributed by atoms with van der Waals surface area (Å²) in [7, 11) is 0. The standard InChI is InChI=1S/C29H24N2/c1-20(2)21(3)30-31-28(26-16-8-12-22-10-4-6-14-24(22)26)18-19-29(31)27-17-9-13-23-11-5-7-15-25(23)27/h4-19H,1H2,2-3H3/b30-21+. The fourth-order valence-corrected chi connectivity index (χ4v) is 4.08. The minimum Gasteiger partial charge on any atom is -0.232 e. The number of hydrogen-bond acceptors (Lipinski definition) is 1. The SMILES string of the molecule is C=C(C)/C(C)=N/n1c(-c2cccc3ccccc23)ccc1-c1cccc2ccccc12. The van der Waals surface area contributed by atoms with Crippen LogP contribution < -0.4 is 0 Å². The minimum absolute atomic E-state index is 0.916. The molecule has 0 N–H and O–H groups in total. The quantitative estimate of drug-likeness (QED) is 0.273. The number of allylic oxidation sites excluding steroid dienone is 1. The Morgan fingerprint density at radius 2 is 1.06 bits per heavy atom. The summed E-state index contributed by atoms with van der Waals surface area (Å²) in [6, 6.07) is 34.2. The van der Waals surface area contributed by atoms with E-state index in [0.717, 1.165) is 22.7 Å². The molecule has 0 amide bonds. The van der Waals surface area contributed by atoms with E-state index < -0.39 is 0 Å². The van der Waals surface area contributed by atoms with Crippen LogP contribution >= 0.6 is 0 Å². The lowest BCUT2D eigenvalue weighted by atomic mass is 10.0. The van der Waals surface area contributed by atoms with Crippen LogP contribution in [0.25, 0.3) is 44.1 Å². The van der Waals surface area contributed by atoms with Crippen molar-refractivity contribution in [3.63, 3.8) is 0 Å². The van der Waals surface area contributed by atoms with Gasteiger partial charge in [-0.2, -0.15) is 5.10 Å². The van der Waals surface area contributed by atoms with Crippen LogP contribution in [0.15, 0.2) is 114 Å². The molecule has 1 heterocycles. The monoisotopic (exact) mass is 400 g/mol. The average molecular weight is 401 g/mol. The Hall–Kier alpha value is -3.91. The molecule has 0 atom stereocenters. The van der Waals surface area contributed by atoms with Gasteiger partial charge < -0.3 is 0 Å². The Labute approximate surface area is 182 Å². The van der Waals surface area contributed by atoms with Gasteiger partial charge in [0.15, 0.2) is 0 Å². The Morgan fingerprint density at radius 1 is 0.613 bits per heavy atom. The second kappa shape index (κ2) is 7.73. The topological polar surface area (TPSA) is 17.3 Å². The predicted molar refractivity (Wildman–Crippen MR) is 134 cm³/mol. The molecule has 31 heavy (non-hydrogen) atoms. The lowest BCUT2D eigenvalue weighted by Crippen LogP contribution is -2.02. The Bertz CT molecular complexity index is 1360. The van der Waals surface area contributed by atoms with Gasteiger partial charge >= 0.3 is 0 Å². The summed E-state index contributed by atoms with van der Waals surface area (Å²) >= 11 is 0. The van der Waals surface area contributed by atoms with Crippen molar-refractivity contribution < 1.29 is 0 Å². The van der Waals surface area contributed by atoms with Gasteiger partial charge in [0.25, 0.3) is 0 Å². The number of nitrogens with zero attached hydrogens (tertiary/aromatic N) is 2. The van der Waals surface area contributed by atoms with Gasteiger partial charge in [0.1, 0.15) is 0 Å². The summed E-state index contributed by atoms with van der Waals surface area (Å²) in [5, 5.41) is 9.90. The molecule has 0 radical (unpaired) electrons. The highest BCUT2D eigenvalue weighted by atomic mass is 15.4. The van der Waals surface area contributed by atoms with Crippen LogP contribution in [0, 0.1) is 0 Å². The number of fused-ring (bicyclic) bond motifs is 2. The summed E-state index contributed by atoms with van der Waals surface area (Å²) in [4.78, 5) is 0. The van der Waals surface area contributed by atoms with Crippen molar-refractivity contribution in [3.8, 4) is 22.5 Å². The smallest absolute Gasteiger partial charge is 0.0732 e. The van der Waals surface area contributed by atoms with Crippen LogP contribution in [-0.4, -0.2) is 10.4 Å². The summed E-state index contributed by atoms with van der Waals surface area (Å²) in [5.41, 5.74) is 6.35. The van der Waals surface area contributed by atoms with Crippen LogP contribution in [0.2, 0.25) is 0 Å². The molecule has 0 saturated heterocycles. The first kappa shape index (κ1) is 19.1. The van der Waals surface area contributed by atoms with Crippen LogP contribution in [0.4, 0.5) is 0 Å². The van der Waals surface area contributed by atoms with E-state index in [4.69, 9.17) is 5.10 Å². The number of benzene rings is 4. The van der Waals surface area contributed by atoms with Crippen LogP contribution in [-0.2, 0) is 0 Å². The van der Waals surface area contributed by atoms with E-state index in [2.05, 4.69) is 108 Å². The summed E-state index contributed by atoms with van der Waals surface area (Å²) in [6.07, 6.45) is 0. The molecule has 0 bridgehead atoms. The highest BCUT2D eigenvalue weighted by molar-refractivity contribution is 6.00. The molecule has 5 aromatic rings. The highest BCUT2D eigenvalue weighted by Crippen LogP contribution is 2.36. The van der Waals surface area contributed by atoms with Gasteiger partial charge in [-0.3, -0.25) is 0 Å². The lowest BCUT2D eigenvalue weighted by Gasteiger charge is -2.14. The Morgan fingerprint density at radius 3 is 1.55 bits per heavy atom. The maximum atomic E-state index is 5.02. The zero-order valence-electron chi connectivity index (χ0n) is 17.8. The molecule has 0 saturated carbocycles. The predicted octanol–water partition coefficient (Wildman–Crippen LogP) is 7.93. The fourth-order valence-electron chi connectivity index (χ4n) is 4.08. The molecule has 2 heteroatoms. The maximum Gasteiger partial charge on any atom is 0.0732 e. The third-order valence-corrected chi connectivity index (χ3v) is 5.85. The molecule has 0 fully saturated rings. The molecular weight excluding hydrogens is 376 g/mol. The van der Waals surface area contributed by atoms with E-state index in [1.807, 2.05) is 13.8 Å². The first-order chi connectivity index (χ1) is 15.1. The third-order valence-electron chi connectivity index (χ3n) is 5.85. The minimum atomic E-state index is 0.916. The van der Waals surface area contributed by atoms with E-state index in [9.17, 15) is 0 Å². The molecule has 5 rings (SSSR count). The summed E-state index contributed by atoms with van der Waals surface area (Å²) in [5.74, 6) is 0. The lowest BCUT2D eigenvalue weighted by molar-refractivity contribution is 0.905. The van der Waals surface area contributed by atoms with Gasteiger partial charge in [0, 0.05) is 11.1 Å². The van der Waals surface area contributed by atoms with E-state index in [1.165, 1.54) is 32.7 Å².